The lowest BCUT2D eigenvalue weighted by Crippen LogP contribution is -2.49. The van der Waals surface area contributed by atoms with Crippen LogP contribution in [-0.4, -0.2) is 15.6 Å². The Morgan fingerprint density at radius 3 is 2.77 bits per heavy atom. The molecular formula is C27H39N3O. The highest BCUT2D eigenvalue weighted by Crippen LogP contribution is 2.65. The van der Waals surface area contributed by atoms with Gasteiger partial charge >= 0.3 is 0 Å². The Morgan fingerprint density at radius 1 is 1.19 bits per heavy atom. The average molecular weight is 422 g/mol. The van der Waals surface area contributed by atoms with E-state index in [-0.39, 0.29) is 11.7 Å². The van der Waals surface area contributed by atoms with Gasteiger partial charge in [-0.05, 0) is 98.2 Å². The van der Waals surface area contributed by atoms with Gasteiger partial charge < -0.3 is 0 Å². The Morgan fingerprint density at radius 2 is 2.00 bits per heavy atom. The number of carbonyl (C=O) groups is 1. The van der Waals surface area contributed by atoms with Crippen LogP contribution in [0.5, 0.6) is 0 Å². The lowest BCUT2D eigenvalue weighted by atomic mass is 9.48. The van der Waals surface area contributed by atoms with Crippen LogP contribution in [0.1, 0.15) is 84.1 Å². The first-order chi connectivity index (χ1) is 14.9. The van der Waals surface area contributed by atoms with Crippen LogP contribution in [0.15, 0.2) is 12.4 Å². The maximum absolute atomic E-state index is 13.2. The second kappa shape index (κ2) is 8.05. The van der Waals surface area contributed by atoms with Crippen molar-refractivity contribution in [2.45, 2.75) is 85.1 Å². The zero-order valence-corrected chi connectivity index (χ0v) is 19.6. The third kappa shape index (κ3) is 3.57. The van der Waals surface area contributed by atoms with Gasteiger partial charge in [0.05, 0.1) is 18.3 Å². The Hall–Kier alpha value is -1.63. The van der Waals surface area contributed by atoms with E-state index in [1.165, 1.54) is 57.8 Å². The normalized spacial score (nSPS) is 42.7. The van der Waals surface area contributed by atoms with E-state index in [1.54, 1.807) is 17.1 Å². The molecule has 4 fully saturated rings. The van der Waals surface area contributed by atoms with Crippen LogP contribution in [0.4, 0.5) is 0 Å². The summed E-state index contributed by atoms with van der Waals surface area (Å²) in [6.07, 6.45) is 15.8. The molecule has 31 heavy (non-hydrogen) atoms. The minimum Gasteiger partial charge on any atom is -0.297 e. The zero-order chi connectivity index (χ0) is 21.8. The predicted octanol–water partition coefficient (Wildman–Crippen LogP) is 5.86. The monoisotopic (exact) mass is 421 g/mol. The summed E-state index contributed by atoms with van der Waals surface area (Å²) >= 11 is 0. The molecule has 9 atom stereocenters. The van der Waals surface area contributed by atoms with Crippen molar-refractivity contribution in [3.8, 4) is 6.07 Å². The van der Waals surface area contributed by atoms with Crippen LogP contribution in [0.25, 0.3) is 0 Å². The molecule has 4 nitrogen and oxygen atoms in total. The molecule has 4 aliphatic rings. The van der Waals surface area contributed by atoms with Gasteiger partial charge in [-0.1, -0.05) is 27.2 Å². The summed E-state index contributed by atoms with van der Waals surface area (Å²) in [6, 6.07) is 2.10. The number of Topliss-reactive ketones (excluding diaryl/α,β-unsaturated/α-hetero) is 1. The van der Waals surface area contributed by atoms with Gasteiger partial charge in [0.1, 0.15) is 6.07 Å². The topological polar surface area (TPSA) is 58.7 Å². The van der Waals surface area contributed by atoms with E-state index >= 15 is 0 Å². The number of ketones is 1. The second-order valence-corrected chi connectivity index (χ2v) is 11.9. The van der Waals surface area contributed by atoms with Gasteiger partial charge in [0.2, 0.25) is 0 Å². The lowest BCUT2D eigenvalue weighted by Gasteiger charge is -2.56. The number of carbonyl (C=O) groups excluding carboxylic acids is 1. The molecule has 0 radical (unpaired) electrons. The Bertz CT molecular complexity index is 868. The van der Waals surface area contributed by atoms with Crippen molar-refractivity contribution in [3.05, 3.63) is 18.0 Å². The van der Waals surface area contributed by atoms with Crippen LogP contribution < -0.4 is 0 Å². The lowest BCUT2D eigenvalue weighted by molar-refractivity contribution is -0.128. The van der Waals surface area contributed by atoms with Crippen molar-refractivity contribution in [2.24, 2.45) is 52.8 Å². The molecule has 0 saturated heterocycles. The quantitative estimate of drug-likeness (QED) is 0.611. The second-order valence-electron chi connectivity index (χ2n) is 11.9. The fourth-order valence-corrected chi connectivity index (χ4v) is 8.99. The minimum atomic E-state index is 0.0770. The Balaban J connectivity index is 1.29. The minimum absolute atomic E-state index is 0.0770. The van der Waals surface area contributed by atoms with E-state index in [1.807, 2.05) is 0 Å². The molecule has 0 bridgehead atoms. The van der Waals surface area contributed by atoms with Gasteiger partial charge in [-0.3, -0.25) is 9.48 Å². The van der Waals surface area contributed by atoms with Gasteiger partial charge in [0.25, 0.3) is 0 Å². The van der Waals surface area contributed by atoms with E-state index in [2.05, 4.69) is 31.9 Å². The third-order valence-electron chi connectivity index (χ3n) is 10.5. The molecule has 0 aromatic carbocycles. The Kier molecular flexibility index (Phi) is 5.51. The van der Waals surface area contributed by atoms with E-state index in [0.717, 1.165) is 35.5 Å². The summed E-state index contributed by atoms with van der Waals surface area (Å²) in [5.41, 5.74) is 0.854. The van der Waals surface area contributed by atoms with Crippen molar-refractivity contribution in [2.75, 3.05) is 0 Å². The van der Waals surface area contributed by atoms with E-state index in [0.29, 0.717) is 23.4 Å². The molecule has 9 unspecified atom stereocenters. The van der Waals surface area contributed by atoms with Crippen LogP contribution in [0.3, 0.4) is 0 Å². The van der Waals surface area contributed by atoms with Crippen molar-refractivity contribution in [3.63, 3.8) is 0 Å². The van der Waals surface area contributed by atoms with Crippen molar-refractivity contribution < 1.29 is 4.79 Å². The first-order valence-corrected chi connectivity index (χ1v) is 12.9. The number of rotatable bonds is 4. The molecule has 5 rings (SSSR count). The predicted molar refractivity (Wildman–Crippen MR) is 121 cm³/mol. The molecule has 1 aromatic rings. The summed E-state index contributed by atoms with van der Waals surface area (Å²) in [5.74, 6) is 6.48. The van der Waals surface area contributed by atoms with Crippen molar-refractivity contribution in [1.82, 2.24) is 9.78 Å². The molecule has 0 N–H and O–H groups in total. The fraction of sp³-hybridized carbons (Fsp3) is 0.815. The number of hydrogen-bond acceptors (Lipinski definition) is 3. The molecule has 4 aliphatic carbocycles. The SMILES string of the molecule is CC1CCC2C(CCC3C2CCC2(C)C(C(C)C(=O)Cn4cc(C#N)cn4)CCC32)C1. The summed E-state index contributed by atoms with van der Waals surface area (Å²) in [6.45, 7) is 7.46. The van der Waals surface area contributed by atoms with Gasteiger partial charge in [-0.25, -0.2) is 0 Å². The molecule has 1 aromatic heterocycles. The molecule has 4 heteroatoms. The summed E-state index contributed by atoms with van der Waals surface area (Å²) in [7, 11) is 0. The highest BCUT2D eigenvalue weighted by Gasteiger charge is 2.58. The fourth-order valence-electron chi connectivity index (χ4n) is 8.99. The van der Waals surface area contributed by atoms with E-state index in [4.69, 9.17) is 5.26 Å². The molecule has 0 amide bonds. The molecule has 0 spiro atoms. The van der Waals surface area contributed by atoms with Gasteiger partial charge in [-0.2, -0.15) is 10.4 Å². The van der Waals surface area contributed by atoms with Crippen LogP contribution in [0.2, 0.25) is 0 Å². The highest BCUT2D eigenvalue weighted by atomic mass is 16.1. The number of aromatic nitrogens is 2. The summed E-state index contributed by atoms with van der Waals surface area (Å²) in [4.78, 5) is 13.2. The van der Waals surface area contributed by atoms with Gasteiger partial charge in [-0.15, -0.1) is 0 Å². The smallest absolute Gasteiger partial charge is 0.157 e. The standard InChI is InChI=1S/C27H39N3O/c1-17-4-6-21-20(12-17)5-7-23-22(21)10-11-27(3)24(8-9-25(23)27)18(2)26(31)16-30-15-19(13-28)14-29-30/h14-15,17-18,20-25H,4-12,16H2,1-3H3. The van der Waals surface area contributed by atoms with E-state index in [9.17, 15) is 4.79 Å². The van der Waals surface area contributed by atoms with Crippen LogP contribution in [-0.2, 0) is 11.3 Å². The molecule has 4 saturated carbocycles. The first kappa shape index (κ1) is 21.2. The van der Waals surface area contributed by atoms with E-state index < -0.39 is 0 Å². The molecule has 1 heterocycles. The molecular weight excluding hydrogens is 382 g/mol. The number of nitriles is 1. The van der Waals surface area contributed by atoms with Crippen molar-refractivity contribution in [1.29, 1.82) is 5.26 Å². The van der Waals surface area contributed by atoms with Crippen LogP contribution >= 0.6 is 0 Å². The summed E-state index contributed by atoms with van der Waals surface area (Å²) < 4.78 is 1.65. The number of hydrogen-bond donors (Lipinski definition) is 0. The zero-order valence-electron chi connectivity index (χ0n) is 19.6. The molecule has 0 aliphatic heterocycles. The molecule has 168 valence electrons. The Labute approximate surface area is 187 Å². The maximum atomic E-state index is 13.2. The number of fused-ring (bicyclic) bond motifs is 5. The van der Waals surface area contributed by atoms with Crippen LogP contribution in [0, 0.1) is 64.1 Å². The van der Waals surface area contributed by atoms with Crippen molar-refractivity contribution >= 4 is 5.78 Å². The number of nitrogens with zero attached hydrogens (tertiary/aromatic N) is 3. The average Bonchev–Trinajstić information content (AvgIpc) is 3.36. The first-order valence-electron chi connectivity index (χ1n) is 12.9. The van der Waals surface area contributed by atoms with Gasteiger partial charge in [0, 0.05) is 12.1 Å². The highest BCUT2D eigenvalue weighted by molar-refractivity contribution is 5.80. The summed E-state index contributed by atoms with van der Waals surface area (Å²) in [5, 5.41) is 13.2. The largest absolute Gasteiger partial charge is 0.297 e. The maximum Gasteiger partial charge on any atom is 0.157 e. The third-order valence-corrected chi connectivity index (χ3v) is 10.5. The van der Waals surface area contributed by atoms with Gasteiger partial charge in [0.15, 0.2) is 5.78 Å².